The van der Waals surface area contributed by atoms with Gasteiger partial charge in [0.15, 0.2) is 5.43 Å². The summed E-state index contributed by atoms with van der Waals surface area (Å²) in [6, 6.07) is 10.4. The number of unbranched alkanes of at least 4 members (excludes halogenated alkanes) is 2. The van der Waals surface area contributed by atoms with Crippen molar-refractivity contribution in [2.45, 2.75) is 46.1 Å². The van der Waals surface area contributed by atoms with Gasteiger partial charge in [0, 0.05) is 49.0 Å². The number of fused-ring (bicyclic) bond motifs is 2. The van der Waals surface area contributed by atoms with Crippen molar-refractivity contribution in [1.29, 1.82) is 0 Å². The molecule has 3 N–H and O–H groups in total. The molecule has 2 amide bonds. The van der Waals surface area contributed by atoms with Crippen LogP contribution >= 0.6 is 0 Å². The van der Waals surface area contributed by atoms with Crippen LogP contribution in [0, 0.1) is 0 Å². The lowest BCUT2D eigenvalue weighted by molar-refractivity contribution is -0.137. The second-order valence-electron chi connectivity index (χ2n) is 7.51. The van der Waals surface area contributed by atoms with E-state index in [4.69, 9.17) is 5.11 Å². The number of aryl methyl sites for hydroxylation is 1. The maximum atomic E-state index is 13.3. The van der Waals surface area contributed by atoms with Crippen LogP contribution in [0.4, 0.5) is 11.4 Å². The number of nitrogens with zero attached hydrogens (tertiary/aromatic N) is 1. The first-order valence-corrected chi connectivity index (χ1v) is 10.1. The quantitative estimate of drug-likeness (QED) is 0.377. The van der Waals surface area contributed by atoms with Crippen LogP contribution in [-0.2, 0) is 20.9 Å². The number of anilines is 2. The number of carboxylic acids is 1. The van der Waals surface area contributed by atoms with E-state index in [1.54, 1.807) is 36.4 Å². The van der Waals surface area contributed by atoms with Crippen LogP contribution in [0.2, 0.25) is 0 Å². The maximum absolute atomic E-state index is 13.3. The van der Waals surface area contributed by atoms with E-state index in [1.165, 1.54) is 13.8 Å². The zero-order chi connectivity index (χ0) is 22.5. The van der Waals surface area contributed by atoms with Crippen molar-refractivity contribution < 1.29 is 19.5 Å². The zero-order valence-electron chi connectivity index (χ0n) is 17.5. The monoisotopic (exact) mass is 423 g/mol. The number of nitrogens with one attached hydrogen (secondary N) is 2. The van der Waals surface area contributed by atoms with Gasteiger partial charge in [0.1, 0.15) is 0 Å². The molecule has 0 atom stereocenters. The van der Waals surface area contributed by atoms with Crippen LogP contribution in [0.1, 0.15) is 39.5 Å². The molecule has 0 unspecified atom stereocenters. The second-order valence-corrected chi connectivity index (χ2v) is 7.51. The first-order valence-electron chi connectivity index (χ1n) is 10.1. The Bertz CT molecular complexity index is 1150. The van der Waals surface area contributed by atoms with Crippen molar-refractivity contribution in [3.05, 3.63) is 46.6 Å². The highest BCUT2D eigenvalue weighted by molar-refractivity contribution is 5.99. The Morgan fingerprint density at radius 1 is 0.839 bits per heavy atom. The highest BCUT2D eigenvalue weighted by Gasteiger charge is 2.13. The summed E-state index contributed by atoms with van der Waals surface area (Å²) in [6.45, 7) is 3.41. The van der Waals surface area contributed by atoms with Crippen LogP contribution in [-0.4, -0.2) is 27.5 Å². The lowest BCUT2D eigenvalue weighted by Gasteiger charge is -2.17. The number of hydrogen-bond donors (Lipinski definition) is 3. The summed E-state index contributed by atoms with van der Waals surface area (Å²) in [5.41, 5.74) is 2.34. The molecule has 1 heterocycles. The number of carbonyl (C=O) groups excluding carboxylic acids is 2. The minimum absolute atomic E-state index is 0.131. The number of aliphatic carboxylic acids is 1. The van der Waals surface area contributed by atoms with Crippen molar-refractivity contribution >= 4 is 51.0 Å². The summed E-state index contributed by atoms with van der Waals surface area (Å²) >= 11 is 0. The van der Waals surface area contributed by atoms with Crippen LogP contribution in [0.15, 0.2) is 41.2 Å². The van der Waals surface area contributed by atoms with E-state index < -0.39 is 5.97 Å². The van der Waals surface area contributed by atoms with E-state index in [-0.39, 0.29) is 23.7 Å². The van der Waals surface area contributed by atoms with Crippen LogP contribution in [0.3, 0.4) is 0 Å². The van der Waals surface area contributed by atoms with Crippen LogP contribution in [0.5, 0.6) is 0 Å². The summed E-state index contributed by atoms with van der Waals surface area (Å²) in [7, 11) is 0. The molecule has 0 bridgehead atoms. The lowest BCUT2D eigenvalue weighted by Crippen LogP contribution is -2.14. The third-order valence-corrected chi connectivity index (χ3v) is 4.98. The van der Waals surface area contributed by atoms with Crippen molar-refractivity contribution in [1.82, 2.24) is 4.57 Å². The standard InChI is InChI=1S/C23H25N3O5/c1-14(27)24-16-7-9-20-18(12-16)23(31)19-13-17(25-15(2)28)8-10-21(19)26(20)11-5-3-4-6-22(29)30/h7-10,12-13H,3-6,11H2,1-2H3,(H,24,27)(H,25,28)(H,29,30). The van der Waals surface area contributed by atoms with E-state index in [1.807, 2.05) is 4.57 Å². The van der Waals surface area contributed by atoms with Crippen LogP contribution in [0.25, 0.3) is 21.8 Å². The summed E-state index contributed by atoms with van der Waals surface area (Å²) in [5.74, 6) is -1.27. The number of amides is 2. The van der Waals surface area contributed by atoms with E-state index in [0.717, 1.165) is 23.9 Å². The van der Waals surface area contributed by atoms with Crippen molar-refractivity contribution in [3.8, 4) is 0 Å². The molecule has 2 aromatic carbocycles. The van der Waals surface area contributed by atoms with Crippen molar-refractivity contribution in [2.75, 3.05) is 10.6 Å². The number of benzene rings is 2. The highest BCUT2D eigenvalue weighted by atomic mass is 16.4. The summed E-state index contributed by atoms with van der Waals surface area (Å²) in [4.78, 5) is 46.9. The average Bonchev–Trinajstić information content (AvgIpc) is 2.69. The Morgan fingerprint density at radius 3 is 1.81 bits per heavy atom. The third-order valence-electron chi connectivity index (χ3n) is 4.98. The first-order chi connectivity index (χ1) is 14.8. The fraction of sp³-hybridized carbons (Fsp3) is 0.304. The first kappa shape index (κ1) is 22.0. The number of rotatable bonds is 8. The van der Waals surface area contributed by atoms with Gasteiger partial charge in [-0.3, -0.25) is 19.2 Å². The molecular formula is C23H25N3O5. The third kappa shape index (κ3) is 5.28. The van der Waals surface area contributed by atoms with Gasteiger partial charge in [0.25, 0.3) is 0 Å². The Morgan fingerprint density at radius 2 is 1.35 bits per heavy atom. The molecule has 3 rings (SSSR count). The molecule has 31 heavy (non-hydrogen) atoms. The number of hydrogen-bond acceptors (Lipinski definition) is 4. The van der Waals surface area contributed by atoms with Gasteiger partial charge < -0.3 is 20.3 Å². The zero-order valence-corrected chi connectivity index (χ0v) is 17.5. The predicted octanol–water partition coefficient (Wildman–Crippen LogP) is 3.72. The molecule has 8 nitrogen and oxygen atoms in total. The van der Waals surface area contributed by atoms with E-state index in [2.05, 4.69) is 10.6 Å². The van der Waals surface area contributed by atoms with Gasteiger partial charge in [-0.1, -0.05) is 6.42 Å². The average molecular weight is 423 g/mol. The summed E-state index contributed by atoms with van der Waals surface area (Å²) in [6.07, 6.45) is 2.22. The van der Waals surface area contributed by atoms with Gasteiger partial charge in [0.2, 0.25) is 11.8 Å². The predicted molar refractivity (Wildman–Crippen MR) is 120 cm³/mol. The topological polar surface area (TPSA) is 118 Å². The summed E-state index contributed by atoms with van der Waals surface area (Å²) < 4.78 is 2.03. The molecule has 3 aromatic rings. The SMILES string of the molecule is CC(=O)Nc1ccc2c(c1)c(=O)c1cc(NC(C)=O)ccc1n2CCCCCC(=O)O. The molecule has 0 aliphatic heterocycles. The molecule has 0 saturated carbocycles. The van der Waals surface area contributed by atoms with Gasteiger partial charge in [-0.2, -0.15) is 0 Å². The Kier molecular flexibility index (Phi) is 6.69. The van der Waals surface area contributed by atoms with E-state index >= 15 is 0 Å². The molecule has 8 heteroatoms. The van der Waals surface area contributed by atoms with Crippen molar-refractivity contribution in [2.24, 2.45) is 0 Å². The van der Waals surface area contributed by atoms with Gasteiger partial charge in [-0.25, -0.2) is 0 Å². The van der Waals surface area contributed by atoms with E-state index in [9.17, 15) is 19.2 Å². The Hall–Kier alpha value is -3.68. The minimum Gasteiger partial charge on any atom is -0.481 e. The van der Waals surface area contributed by atoms with Gasteiger partial charge in [-0.05, 0) is 49.2 Å². The molecule has 1 aromatic heterocycles. The molecule has 162 valence electrons. The van der Waals surface area contributed by atoms with Crippen LogP contribution < -0.4 is 16.1 Å². The molecule has 0 spiro atoms. The number of aromatic nitrogens is 1. The largest absolute Gasteiger partial charge is 0.481 e. The van der Waals surface area contributed by atoms with Gasteiger partial charge in [0.05, 0.1) is 11.0 Å². The fourth-order valence-electron chi connectivity index (χ4n) is 3.71. The number of pyridine rings is 1. The smallest absolute Gasteiger partial charge is 0.303 e. The highest BCUT2D eigenvalue weighted by Crippen LogP contribution is 2.25. The Balaban J connectivity index is 2.10. The Labute approximate surface area is 178 Å². The summed E-state index contributed by atoms with van der Waals surface area (Å²) in [5, 5.41) is 15.1. The lowest BCUT2D eigenvalue weighted by atomic mass is 10.1. The molecule has 0 saturated heterocycles. The van der Waals surface area contributed by atoms with Gasteiger partial charge >= 0.3 is 5.97 Å². The van der Waals surface area contributed by atoms with E-state index in [0.29, 0.717) is 35.1 Å². The maximum Gasteiger partial charge on any atom is 0.303 e. The molecule has 0 fully saturated rings. The molecule has 0 aliphatic rings. The molecule has 0 radical (unpaired) electrons. The molecular weight excluding hydrogens is 398 g/mol. The van der Waals surface area contributed by atoms with Gasteiger partial charge in [-0.15, -0.1) is 0 Å². The second kappa shape index (κ2) is 9.42. The minimum atomic E-state index is -0.810. The molecule has 0 aliphatic carbocycles. The number of carbonyl (C=O) groups is 3. The number of carboxylic acid groups (broad SMARTS) is 1. The fourth-order valence-corrected chi connectivity index (χ4v) is 3.71. The normalized spacial score (nSPS) is 10.9. The van der Waals surface area contributed by atoms with Crippen molar-refractivity contribution in [3.63, 3.8) is 0 Å².